The Kier molecular flexibility index (Phi) is 2.58. The summed E-state index contributed by atoms with van der Waals surface area (Å²) in [5.41, 5.74) is 1.32. The van der Waals surface area contributed by atoms with Crippen LogP contribution in [0.4, 0.5) is 0 Å². The minimum atomic E-state index is 0.0656. The van der Waals surface area contributed by atoms with Crippen molar-refractivity contribution in [3.63, 3.8) is 0 Å². The van der Waals surface area contributed by atoms with Gasteiger partial charge < -0.3 is 4.42 Å². The Bertz CT molecular complexity index is 462. The van der Waals surface area contributed by atoms with Crippen molar-refractivity contribution in [2.45, 2.75) is 13.3 Å². The predicted molar refractivity (Wildman–Crippen MR) is 54.1 cm³/mol. The second-order valence-corrected chi connectivity index (χ2v) is 3.24. The van der Waals surface area contributed by atoms with Gasteiger partial charge in [0.15, 0.2) is 0 Å². The Balaban J connectivity index is 2.24. The van der Waals surface area contributed by atoms with Gasteiger partial charge in [0.05, 0.1) is 12.1 Å². The summed E-state index contributed by atoms with van der Waals surface area (Å²) < 4.78 is 5.23. The topological polar surface area (TPSA) is 56.0 Å². The molecule has 0 radical (unpaired) electrons. The number of Topliss-reactive ketones (excluding diaryl/α,β-unsaturated/α-hetero) is 1. The van der Waals surface area contributed by atoms with E-state index in [1.807, 2.05) is 18.2 Å². The van der Waals surface area contributed by atoms with Gasteiger partial charge in [-0.2, -0.15) is 0 Å². The quantitative estimate of drug-likeness (QED) is 0.762. The lowest BCUT2D eigenvalue weighted by molar-refractivity contribution is -0.116. The predicted octanol–water partition coefficient (Wildman–Crippen LogP) is 1.87. The van der Waals surface area contributed by atoms with Crippen LogP contribution in [0.3, 0.4) is 0 Å². The fourth-order valence-electron chi connectivity index (χ4n) is 1.25. The van der Waals surface area contributed by atoms with Gasteiger partial charge in [0, 0.05) is 6.20 Å². The first-order valence-corrected chi connectivity index (χ1v) is 4.61. The molecule has 4 nitrogen and oxygen atoms in total. The fraction of sp³-hybridized carbons (Fsp3) is 0.182. The fourth-order valence-corrected chi connectivity index (χ4v) is 1.25. The van der Waals surface area contributed by atoms with Crippen LogP contribution >= 0.6 is 0 Å². The van der Waals surface area contributed by atoms with Gasteiger partial charge in [-0.25, -0.2) is 4.98 Å². The molecule has 0 saturated heterocycles. The number of rotatable bonds is 3. The second kappa shape index (κ2) is 4.04. The van der Waals surface area contributed by atoms with Crippen LogP contribution in [0.1, 0.15) is 12.6 Å². The first-order chi connectivity index (χ1) is 7.25. The maximum atomic E-state index is 10.9. The van der Waals surface area contributed by atoms with Crippen LogP contribution in [-0.2, 0) is 11.2 Å². The summed E-state index contributed by atoms with van der Waals surface area (Å²) >= 11 is 0. The summed E-state index contributed by atoms with van der Waals surface area (Å²) in [5.74, 6) is 0.516. The Morgan fingerprint density at radius 3 is 3.00 bits per heavy atom. The second-order valence-electron chi connectivity index (χ2n) is 3.24. The van der Waals surface area contributed by atoms with Crippen molar-refractivity contribution in [1.29, 1.82) is 0 Å². The molecular weight excluding hydrogens is 192 g/mol. The molecule has 0 unspecified atom stereocenters. The molecule has 0 fully saturated rings. The summed E-state index contributed by atoms with van der Waals surface area (Å²) in [6, 6.07) is 5.49. The van der Waals surface area contributed by atoms with E-state index in [9.17, 15) is 4.79 Å². The molecular formula is C11H10N2O2. The van der Waals surface area contributed by atoms with Crippen molar-refractivity contribution in [2.75, 3.05) is 0 Å². The average molecular weight is 202 g/mol. The van der Waals surface area contributed by atoms with Crippen molar-refractivity contribution in [3.05, 3.63) is 36.4 Å². The Hall–Kier alpha value is -1.97. The molecule has 0 saturated carbocycles. The third-order valence-electron chi connectivity index (χ3n) is 1.87. The normalized spacial score (nSPS) is 10.2. The highest BCUT2D eigenvalue weighted by atomic mass is 16.3. The van der Waals surface area contributed by atoms with Gasteiger partial charge in [-0.3, -0.25) is 9.78 Å². The van der Waals surface area contributed by atoms with E-state index in [1.54, 1.807) is 6.20 Å². The van der Waals surface area contributed by atoms with Crippen LogP contribution < -0.4 is 0 Å². The molecule has 0 N–H and O–H groups in total. The zero-order valence-corrected chi connectivity index (χ0v) is 8.30. The lowest BCUT2D eigenvalue weighted by Gasteiger charge is -1.91. The van der Waals surface area contributed by atoms with E-state index in [4.69, 9.17) is 4.42 Å². The largest absolute Gasteiger partial charge is 0.443 e. The molecule has 2 aromatic heterocycles. The minimum absolute atomic E-state index is 0.0656. The molecule has 2 aromatic rings. The van der Waals surface area contributed by atoms with Crippen molar-refractivity contribution in [2.24, 2.45) is 0 Å². The van der Waals surface area contributed by atoms with Gasteiger partial charge in [-0.15, -0.1) is 0 Å². The maximum absolute atomic E-state index is 10.9. The summed E-state index contributed by atoms with van der Waals surface area (Å²) in [7, 11) is 0. The molecule has 0 aliphatic rings. The van der Waals surface area contributed by atoms with Crippen LogP contribution in [-0.4, -0.2) is 15.8 Å². The van der Waals surface area contributed by atoms with E-state index in [0.29, 0.717) is 23.7 Å². The van der Waals surface area contributed by atoms with Crippen molar-refractivity contribution in [3.8, 4) is 11.6 Å². The van der Waals surface area contributed by atoms with Gasteiger partial charge in [-0.05, 0) is 19.1 Å². The number of oxazole rings is 1. The summed E-state index contributed by atoms with van der Waals surface area (Å²) in [6.45, 7) is 1.52. The molecule has 0 bridgehead atoms. The Morgan fingerprint density at radius 2 is 2.33 bits per heavy atom. The lowest BCUT2D eigenvalue weighted by Crippen LogP contribution is -1.96. The number of carbonyl (C=O) groups excluding carboxylic acids is 1. The van der Waals surface area contributed by atoms with Crippen LogP contribution in [0.15, 0.2) is 35.1 Å². The Morgan fingerprint density at radius 1 is 1.47 bits per heavy atom. The molecule has 0 aromatic carbocycles. The first kappa shape index (κ1) is 9.58. The standard InChI is InChI=1S/C11H10N2O2/c1-8(14)6-9-7-15-11(13-9)10-4-2-3-5-12-10/h2-5,7H,6H2,1H3. The number of ketones is 1. The minimum Gasteiger partial charge on any atom is -0.443 e. The lowest BCUT2D eigenvalue weighted by atomic mass is 10.2. The van der Waals surface area contributed by atoms with Crippen LogP contribution in [0.25, 0.3) is 11.6 Å². The number of hydrogen-bond donors (Lipinski definition) is 0. The monoisotopic (exact) mass is 202 g/mol. The van der Waals surface area contributed by atoms with E-state index < -0.39 is 0 Å². The number of hydrogen-bond acceptors (Lipinski definition) is 4. The van der Waals surface area contributed by atoms with Crippen molar-refractivity contribution in [1.82, 2.24) is 9.97 Å². The number of nitrogens with zero attached hydrogens (tertiary/aromatic N) is 2. The maximum Gasteiger partial charge on any atom is 0.245 e. The van der Waals surface area contributed by atoms with Gasteiger partial charge in [0.25, 0.3) is 0 Å². The number of carbonyl (C=O) groups is 1. The highest BCUT2D eigenvalue weighted by Crippen LogP contribution is 2.15. The van der Waals surface area contributed by atoms with Crippen LogP contribution in [0.5, 0.6) is 0 Å². The number of pyridine rings is 1. The van der Waals surface area contributed by atoms with Crippen molar-refractivity contribution < 1.29 is 9.21 Å². The molecule has 76 valence electrons. The van der Waals surface area contributed by atoms with E-state index in [2.05, 4.69) is 9.97 Å². The molecule has 2 rings (SSSR count). The van der Waals surface area contributed by atoms with Crippen LogP contribution in [0, 0.1) is 0 Å². The average Bonchev–Trinajstić information content (AvgIpc) is 2.67. The Labute approximate surface area is 87.0 Å². The van der Waals surface area contributed by atoms with Gasteiger partial charge >= 0.3 is 0 Å². The zero-order valence-electron chi connectivity index (χ0n) is 8.30. The summed E-state index contributed by atoms with van der Waals surface area (Å²) in [5, 5.41) is 0. The van der Waals surface area contributed by atoms with E-state index >= 15 is 0 Å². The summed E-state index contributed by atoms with van der Waals surface area (Å²) in [4.78, 5) is 19.1. The molecule has 2 heterocycles. The van der Waals surface area contributed by atoms with Gasteiger partial charge in [0.1, 0.15) is 17.7 Å². The van der Waals surface area contributed by atoms with Crippen LogP contribution in [0.2, 0.25) is 0 Å². The molecule has 0 amide bonds. The van der Waals surface area contributed by atoms with Crippen molar-refractivity contribution >= 4 is 5.78 Å². The van der Waals surface area contributed by atoms with E-state index in [1.165, 1.54) is 13.2 Å². The summed E-state index contributed by atoms with van der Waals surface area (Å²) in [6.07, 6.45) is 3.46. The molecule has 4 heteroatoms. The van der Waals surface area contributed by atoms with Gasteiger partial charge in [-0.1, -0.05) is 6.07 Å². The molecule has 0 spiro atoms. The van der Waals surface area contributed by atoms with Gasteiger partial charge in [0.2, 0.25) is 5.89 Å². The highest BCUT2D eigenvalue weighted by Gasteiger charge is 2.08. The smallest absolute Gasteiger partial charge is 0.245 e. The highest BCUT2D eigenvalue weighted by molar-refractivity contribution is 5.77. The molecule has 0 atom stereocenters. The molecule has 0 aliphatic heterocycles. The number of aromatic nitrogens is 2. The van der Waals surface area contributed by atoms with E-state index in [0.717, 1.165) is 0 Å². The van der Waals surface area contributed by atoms with E-state index in [-0.39, 0.29) is 5.78 Å². The third kappa shape index (κ3) is 2.28. The SMILES string of the molecule is CC(=O)Cc1coc(-c2ccccn2)n1. The third-order valence-corrected chi connectivity index (χ3v) is 1.87. The first-order valence-electron chi connectivity index (χ1n) is 4.61. The molecule has 0 aliphatic carbocycles. The molecule has 15 heavy (non-hydrogen) atoms. The zero-order chi connectivity index (χ0) is 10.7.